The first-order valence-corrected chi connectivity index (χ1v) is 6.03. The molecule has 0 aliphatic heterocycles. The Bertz CT molecular complexity index is 654. The Morgan fingerprint density at radius 1 is 0.950 bits per heavy atom. The maximum absolute atomic E-state index is 11.0. The van der Waals surface area contributed by atoms with Crippen molar-refractivity contribution in [3.63, 3.8) is 0 Å². The van der Waals surface area contributed by atoms with Crippen LogP contribution in [0, 0.1) is 0 Å². The summed E-state index contributed by atoms with van der Waals surface area (Å²) in [5, 5.41) is 0. The minimum atomic E-state index is -0.413. The van der Waals surface area contributed by atoms with Crippen LogP contribution in [0.5, 0.6) is 11.5 Å². The van der Waals surface area contributed by atoms with Gasteiger partial charge in [-0.05, 0) is 35.4 Å². The third kappa shape index (κ3) is 2.83. The lowest BCUT2D eigenvalue weighted by Crippen LogP contribution is -2.04. The molecule has 5 heteroatoms. The van der Waals surface area contributed by atoms with Crippen molar-refractivity contribution >= 4 is 17.3 Å². The predicted molar refractivity (Wildman–Crippen MR) is 78.6 cm³/mol. The Hall–Kier alpha value is -2.69. The molecule has 0 fully saturated rings. The molecule has 0 heterocycles. The third-order valence-corrected chi connectivity index (χ3v) is 2.83. The number of hydrogen-bond donors (Lipinski definition) is 2. The van der Waals surface area contributed by atoms with Gasteiger partial charge in [-0.25, -0.2) is 0 Å². The molecule has 0 aliphatic rings. The molecule has 2 rings (SSSR count). The monoisotopic (exact) mass is 272 g/mol. The van der Waals surface area contributed by atoms with Crippen molar-refractivity contribution in [1.82, 2.24) is 0 Å². The molecule has 4 N–H and O–H groups in total. The van der Waals surface area contributed by atoms with Crippen LogP contribution in [0.25, 0.3) is 11.1 Å². The van der Waals surface area contributed by atoms with Crippen molar-refractivity contribution in [3.05, 3.63) is 36.4 Å². The number of carbonyl (C=O) groups excluding carboxylic acids is 1. The van der Waals surface area contributed by atoms with Crippen LogP contribution in [0.15, 0.2) is 36.4 Å². The largest absolute Gasteiger partial charge is 0.495 e. The zero-order chi connectivity index (χ0) is 14.7. The van der Waals surface area contributed by atoms with Crippen molar-refractivity contribution in [2.75, 3.05) is 18.6 Å². The van der Waals surface area contributed by atoms with Crippen LogP contribution in [0.4, 0.5) is 11.4 Å². The van der Waals surface area contributed by atoms with Gasteiger partial charge < -0.3 is 20.9 Å². The van der Waals surface area contributed by atoms with E-state index >= 15 is 0 Å². The molecule has 0 amide bonds. The molecule has 20 heavy (non-hydrogen) atoms. The highest BCUT2D eigenvalue weighted by Gasteiger charge is 2.08. The van der Waals surface area contributed by atoms with Crippen molar-refractivity contribution in [2.45, 2.75) is 6.92 Å². The molecule has 5 nitrogen and oxygen atoms in total. The first-order chi connectivity index (χ1) is 9.51. The van der Waals surface area contributed by atoms with Gasteiger partial charge in [-0.2, -0.15) is 0 Å². The van der Waals surface area contributed by atoms with Crippen molar-refractivity contribution in [3.8, 4) is 22.6 Å². The minimum Gasteiger partial charge on any atom is -0.495 e. The van der Waals surface area contributed by atoms with E-state index in [2.05, 4.69) is 0 Å². The number of anilines is 2. The molecule has 0 atom stereocenters. The summed E-state index contributed by atoms with van der Waals surface area (Å²) in [6.07, 6.45) is 0. The maximum Gasteiger partial charge on any atom is 0.308 e. The first kappa shape index (κ1) is 13.7. The zero-order valence-electron chi connectivity index (χ0n) is 11.3. The van der Waals surface area contributed by atoms with Crippen LogP contribution in [0.3, 0.4) is 0 Å². The van der Waals surface area contributed by atoms with E-state index in [1.807, 2.05) is 18.2 Å². The van der Waals surface area contributed by atoms with Gasteiger partial charge in [0.05, 0.1) is 18.5 Å². The normalized spacial score (nSPS) is 10.1. The number of ether oxygens (including phenoxy) is 2. The van der Waals surface area contributed by atoms with Crippen LogP contribution in [-0.2, 0) is 4.79 Å². The second kappa shape index (κ2) is 5.52. The van der Waals surface area contributed by atoms with E-state index in [1.165, 1.54) is 6.92 Å². The number of hydrogen-bond acceptors (Lipinski definition) is 5. The number of rotatable bonds is 3. The van der Waals surface area contributed by atoms with Gasteiger partial charge in [0.25, 0.3) is 0 Å². The highest BCUT2D eigenvalue weighted by Crippen LogP contribution is 2.32. The molecule has 0 unspecified atom stereocenters. The van der Waals surface area contributed by atoms with Gasteiger partial charge in [-0.15, -0.1) is 0 Å². The number of carbonyl (C=O) groups is 1. The lowest BCUT2D eigenvalue weighted by atomic mass is 10.0. The van der Waals surface area contributed by atoms with Crippen molar-refractivity contribution < 1.29 is 14.3 Å². The van der Waals surface area contributed by atoms with E-state index in [-0.39, 0.29) is 0 Å². The van der Waals surface area contributed by atoms with Gasteiger partial charge in [-0.1, -0.05) is 12.1 Å². The van der Waals surface area contributed by atoms with Gasteiger partial charge in [-0.3, -0.25) is 4.79 Å². The lowest BCUT2D eigenvalue weighted by Gasteiger charge is -2.10. The Morgan fingerprint density at radius 2 is 1.45 bits per heavy atom. The smallest absolute Gasteiger partial charge is 0.308 e. The second-order valence-electron chi connectivity index (χ2n) is 4.30. The molecule has 104 valence electrons. The number of benzene rings is 2. The number of nitrogen functional groups attached to an aromatic ring is 2. The van der Waals surface area contributed by atoms with Crippen LogP contribution in [0.1, 0.15) is 6.92 Å². The SMILES string of the molecule is COc1cc(-c2ccc(N)c(OC(C)=O)c2)ccc1N. The zero-order valence-corrected chi connectivity index (χ0v) is 11.3. The maximum atomic E-state index is 11.0. The second-order valence-corrected chi connectivity index (χ2v) is 4.30. The summed E-state index contributed by atoms with van der Waals surface area (Å²) in [4.78, 5) is 11.0. The Kier molecular flexibility index (Phi) is 3.79. The summed E-state index contributed by atoms with van der Waals surface area (Å²) in [6, 6.07) is 10.7. The van der Waals surface area contributed by atoms with E-state index < -0.39 is 5.97 Å². The first-order valence-electron chi connectivity index (χ1n) is 6.03. The Labute approximate surface area is 117 Å². The van der Waals surface area contributed by atoms with Crippen LogP contribution in [0.2, 0.25) is 0 Å². The summed E-state index contributed by atoms with van der Waals surface area (Å²) >= 11 is 0. The molecule has 2 aromatic carbocycles. The summed E-state index contributed by atoms with van der Waals surface area (Å²) in [7, 11) is 1.56. The summed E-state index contributed by atoms with van der Waals surface area (Å²) in [6.45, 7) is 1.33. The highest BCUT2D eigenvalue weighted by atomic mass is 16.5. The topological polar surface area (TPSA) is 87.6 Å². The quantitative estimate of drug-likeness (QED) is 0.509. The average molecular weight is 272 g/mol. The summed E-state index contributed by atoms with van der Waals surface area (Å²) in [5.74, 6) is 0.517. The minimum absolute atomic E-state index is 0.339. The molecule has 0 bridgehead atoms. The standard InChI is InChI=1S/C15H16N2O3/c1-9(18)20-15-8-11(4-6-13(15)17)10-3-5-12(16)14(7-10)19-2/h3-8H,16-17H2,1-2H3. The van der Waals surface area contributed by atoms with E-state index in [1.54, 1.807) is 25.3 Å². The van der Waals surface area contributed by atoms with E-state index in [4.69, 9.17) is 20.9 Å². The van der Waals surface area contributed by atoms with Gasteiger partial charge in [0.2, 0.25) is 0 Å². The average Bonchev–Trinajstić information content (AvgIpc) is 2.41. The number of esters is 1. The molecule has 0 saturated heterocycles. The molecule has 0 spiro atoms. The van der Waals surface area contributed by atoms with E-state index in [0.717, 1.165) is 11.1 Å². The molecule has 0 aromatic heterocycles. The van der Waals surface area contributed by atoms with Gasteiger partial charge in [0, 0.05) is 6.92 Å². The van der Waals surface area contributed by atoms with Crippen molar-refractivity contribution in [1.29, 1.82) is 0 Å². The number of nitrogens with two attached hydrogens (primary N) is 2. The molecular formula is C15H16N2O3. The van der Waals surface area contributed by atoms with Gasteiger partial charge in [0.15, 0.2) is 5.75 Å². The fourth-order valence-corrected chi connectivity index (χ4v) is 1.85. The fourth-order valence-electron chi connectivity index (χ4n) is 1.85. The third-order valence-electron chi connectivity index (χ3n) is 2.83. The molecule has 0 radical (unpaired) electrons. The van der Waals surface area contributed by atoms with Crippen molar-refractivity contribution in [2.24, 2.45) is 0 Å². The number of methoxy groups -OCH3 is 1. The van der Waals surface area contributed by atoms with E-state index in [9.17, 15) is 4.79 Å². The fraction of sp³-hybridized carbons (Fsp3) is 0.133. The van der Waals surface area contributed by atoms with Gasteiger partial charge in [0.1, 0.15) is 5.75 Å². The summed E-state index contributed by atoms with van der Waals surface area (Å²) < 4.78 is 10.3. The van der Waals surface area contributed by atoms with Crippen LogP contribution in [-0.4, -0.2) is 13.1 Å². The predicted octanol–water partition coefficient (Wildman–Crippen LogP) is 2.45. The van der Waals surface area contributed by atoms with Crippen LogP contribution < -0.4 is 20.9 Å². The molecule has 2 aromatic rings. The Morgan fingerprint density at radius 3 is 1.95 bits per heavy atom. The Balaban J connectivity index is 2.45. The summed E-state index contributed by atoms with van der Waals surface area (Å²) in [5.41, 5.74) is 14.3. The van der Waals surface area contributed by atoms with E-state index in [0.29, 0.717) is 22.9 Å². The molecule has 0 saturated carbocycles. The highest BCUT2D eigenvalue weighted by molar-refractivity contribution is 5.77. The van der Waals surface area contributed by atoms with Crippen LogP contribution >= 0.6 is 0 Å². The van der Waals surface area contributed by atoms with Gasteiger partial charge >= 0.3 is 5.97 Å². The lowest BCUT2D eigenvalue weighted by molar-refractivity contribution is -0.131. The molecular weight excluding hydrogens is 256 g/mol. The molecule has 0 aliphatic carbocycles.